The molecule has 1 aromatic heterocycles. The van der Waals surface area contributed by atoms with Gasteiger partial charge in [-0.1, -0.05) is 38.0 Å². The maximum absolute atomic E-state index is 13.2. The average Bonchev–Trinajstić information content (AvgIpc) is 3.16. The largest absolute Gasteiger partial charge is 0.408 e. The Morgan fingerprint density at radius 1 is 1.15 bits per heavy atom. The second kappa shape index (κ2) is 8.50. The summed E-state index contributed by atoms with van der Waals surface area (Å²) in [6, 6.07) is 7.02. The Bertz CT molecular complexity index is 752. The highest BCUT2D eigenvalue weighted by molar-refractivity contribution is 5.77. The van der Waals surface area contributed by atoms with Crippen molar-refractivity contribution >= 4 is 11.9 Å². The maximum Gasteiger partial charge on any atom is 0.318 e. The van der Waals surface area contributed by atoms with Crippen molar-refractivity contribution in [2.45, 2.75) is 39.5 Å². The van der Waals surface area contributed by atoms with E-state index in [-0.39, 0.29) is 17.6 Å². The highest BCUT2D eigenvalue weighted by atomic mass is 19.1. The van der Waals surface area contributed by atoms with Crippen LogP contribution in [0.1, 0.15) is 44.6 Å². The van der Waals surface area contributed by atoms with Crippen molar-refractivity contribution in [2.24, 2.45) is 5.92 Å². The van der Waals surface area contributed by atoms with Crippen molar-refractivity contribution in [3.63, 3.8) is 0 Å². The Balaban J connectivity index is 1.58. The van der Waals surface area contributed by atoms with Crippen LogP contribution >= 0.6 is 0 Å². The summed E-state index contributed by atoms with van der Waals surface area (Å²) in [5.74, 6) is 0.890. The molecule has 1 amide bonds. The first kappa shape index (κ1) is 19.3. The standard InChI is InChI=1S/C20H27FN4O2/c1-4-18-22-23-20(27-18)25-11-9-24(10-12-25)19(26)13-17(14(2)3)15-5-7-16(21)8-6-15/h5-8,14,17H,4,9-13H2,1-3H3. The predicted octanol–water partition coefficient (Wildman–Crippen LogP) is 3.25. The first-order valence-corrected chi connectivity index (χ1v) is 9.58. The van der Waals surface area contributed by atoms with Crippen LogP contribution in [-0.4, -0.2) is 47.2 Å². The Labute approximate surface area is 159 Å². The molecule has 1 unspecified atom stereocenters. The summed E-state index contributed by atoms with van der Waals surface area (Å²) >= 11 is 0. The second-order valence-electron chi connectivity index (χ2n) is 7.31. The lowest BCUT2D eigenvalue weighted by Crippen LogP contribution is -2.49. The van der Waals surface area contributed by atoms with Crippen LogP contribution in [0.3, 0.4) is 0 Å². The van der Waals surface area contributed by atoms with Gasteiger partial charge in [0.2, 0.25) is 11.8 Å². The molecular weight excluding hydrogens is 347 g/mol. The van der Waals surface area contributed by atoms with Gasteiger partial charge in [-0.2, -0.15) is 0 Å². The van der Waals surface area contributed by atoms with Crippen LogP contribution in [0.15, 0.2) is 28.7 Å². The molecule has 2 aromatic rings. The summed E-state index contributed by atoms with van der Waals surface area (Å²) in [7, 11) is 0. The molecule has 7 heteroatoms. The van der Waals surface area contributed by atoms with E-state index in [0.717, 1.165) is 5.56 Å². The minimum absolute atomic E-state index is 0.0826. The smallest absolute Gasteiger partial charge is 0.318 e. The van der Waals surface area contributed by atoms with Gasteiger partial charge in [0.1, 0.15) is 5.82 Å². The summed E-state index contributed by atoms with van der Waals surface area (Å²) in [6.45, 7) is 8.80. The lowest BCUT2D eigenvalue weighted by atomic mass is 9.85. The van der Waals surface area contributed by atoms with Crippen molar-refractivity contribution in [1.29, 1.82) is 0 Å². The van der Waals surface area contributed by atoms with Crippen LogP contribution < -0.4 is 4.90 Å². The second-order valence-corrected chi connectivity index (χ2v) is 7.31. The average molecular weight is 374 g/mol. The summed E-state index contributed by atoms with van der Waals surface area (Å²) in [5, 5.41) is 8.07. The minimum Gasteiger partial charge on any atom is -0.408 e. The Morgan fingerprint density at radius 3 is 2.37 bits per heavy atom. The molecule has 27 heavy (non-hydrogen) atoms. The molecule has 0 saturated carbocycles. The lowest BCUT2D eigenvalue weighted by Gasteiger charge is -2.34. The van der Waals surface area contributed by atoms with Crippen molar-refractivity contribution in [2.75, 3.05) is 31.1 Å². The number of anilines is 1. The van der Waals surface area contributed by atoms with Gasteiger partial charge in [-0.3, -0.25) is 4.79 Å². The highest BCUT2D eigenvalue weighted by Crippen LogP contribution is 2.29. The van der Waals surface area contributed by atoms with Crippen LogP contribution in [0.2, 0.25) is 0 Å². The van der Waals surface area contributed by atoms with E-state index in [2.05, 4.69) is 24.0 Å². The zero-order valence-electron chi connectivity index (χ0n) is 16.2. The van der Waals surface area contributed by atoms with Crippen molar-refractivity contribution in [3.05, 3.63) is 41.5 Å². The van der Waals surface area contributed by atoms with E-state index in [9.17, 15) is 9.18 Å². The van der Waals surface area contributed by atoms with E-state index < -0.39 is 0 Å². The Kier molecular flexibility index (Phi) is 6.08. The third-order valence-electron chi connectivity index (χ3n) is 5.16. The zero-order valence-corrected chi connectivity index (χ0v) is 16.2. The van der Waals surface area contributed by atoms with E-state index in [1.807, 2.05) is 16.7 Å². The zero-order chi connectivity index (χ0) is 19.4. The third-order valence-corrected chi connectivity index (χ3v) is 5.16. The van der Waals surface area contributed by atoms with Gasteiger partial charge in [-0.25, -0.2) is 4.39 Å². The molecule has 1 aromatic carbocycles. The number of hydrogen-bond acceptors (Lipinski definition) is 5. The normalized spacial score (nSPS) is 16.0. The number of benzene rings is 1. The van der Waals surface area contributed by atoms with Gasteiger partial charge in [-0.15, -0.1) is 5.10 Å². The van der Waals surface area contributed by atoms with Crippen molar-refractivity contribution in [1.82, 2.24) is 15.1 Å². The molecule has 1 atom stereocenters. The topological polar surface area (TPSA) is 62.5 Å². The third kappa shape index (κ3) is 4.64. The number of piperazine rings is 1. The number of aryl methyl sites for hydroxylation is 1. The SMILES string of the molecule is CCc1nnc(N2CCN(C(=O)CC(c3ccc(F)cc3)C(C)C)CC2)o1. The molecule has 0 radical (unpaired) electrons. The van der Waals surface area contributed by atoms with Gasteiger partial charge in [0.15, 0.2) is 0 Å². The number of carbonyl (C=O) groups excluding carboxylic acids is 1. The Hall–Kier alpha value is -2.44. The number of halogens is 1. The quantitative estimate of drug-likeness (QED) is 0.777. The van der Waals surface area contributed by atoms with E-state index in [1.165, 1.54) is 12.1 Å². The van der Waals surface area contributed by atoms with Gasteiger partial charge in [0.25, 0.3) is 0 Å². The summed E-state index contributed by atoms with van der Waals surface area (Å²) in [6.07, 6.45) is 1.15. The summed E-state index contributed by atoms with van der Waals surface area (Å²) < 4.78 is 18.8. The van der Waals surface area contributed by atoms with E-state index in [1.54, 1.807) is 12.1 Å². The molecule has 3 rings (SSSR count). The van der Waals surface area contributed by atoms with E-state index >= 15 is 0 Å². The van der Waals surface area contributed by atoms with Gasteiger partial charge in [0, 0.05) is 39.0 Å². The molecule has 1 aliphatic heterocycles. The molecule has 0 aliphatic carbocycles. The predicted molar refractivity (Wildman–Crippen MR) is 101 cm³/mol. The molecule has 1 aliphatic rings. The molecule has 1 saturated heterocycles. The maximum atomic E-state index is 13.2. The number of carbonyl (C=O) groups is 1. The van der Waals surface area contributed by atoms with Gasteiger partial charge in [0.05, 0.1) is 0 Å². The number of amides is 1. The van der Waals surface area contributed by atoms with Crippen LogP contribution in [0, 0.1) is 11.7 Å². The van der Waals surface area contributed by atoms with Gasteiger partial charge in [-0.05, 0) is 29.5 Å². The van der Waals surface area contributed by atoms with Crippen LogP contribution in [0.25, 0.3) is 0 Å². The molecule has 0 N–H and O–H groups in total. The molecule has 0 spiro atoms. The first-order chi connectivity index (χ1) is 13.0. The molecular formula is C20H27FN4O2. The monoisotopic (exact) mass is 374 g/mol. The number of nitrogens with zero attached hydrogens (tertiary/aromatic N) is 4. The van der Waals surface area contributed by atoms with E-state index in [0.29, 0.717) is 56.8 Å². The Morgan fingerprint density at radius 2 is 1.81 bits per heavy atom. The van der Waals surface area contributed by atoms with E-state index in [4.69, 9.17) is 4.42 Å². The molecule has 146 valence electrons. The first-order valence-electron chi connectivity index (χ1n) is 9.58. The highest BCUT2D eigenvalue weighted by Gasteiger charge is 2.27. The number of hydrogen-bond donors (Lipinski definition) is 0. The van der Waals surface area contributed by atoms with Crippen LogP contribution in [0.4, 0.5) is 10.4 Å². The lowest BCUT2D eigenvalue weighted by molar-refractivity contribution is -0.132. The molecule has 0 bridgehead atoms. The fourth-order valence-electron chi connectivity index (χ4n) is 3.43. The van der Waals surface area contributed by atoms with Crippen LogP contribution in [-0.2, 0) is 11.2 Å². The van der Waals surface area contributed by atoms with Crippen molar-refractivity contribution < 1.29 is 13.6 Å². The molecule has 6 nitrogen and oxygen atoms in total. The summed E-state index contributed by atoms with van der Waals surface area (Å²) in [4.78, 5) is 16.7. The number of rotatable bonds is 6. The summed E-state index contributed by atoms with van der Waals surface area (Å²) in [5.41, 5.74) is 1.01. The van der Waals surface area contributed by atoms with Crippen LogP contribution in [0.5, 0.6) is 0 Å². The van der Waals surface area contributed by atoms with Gasteiger partial charge < -0.3 is 14.2 Å². The minimum atomic E-state index is -0.254. The van der Waals surface area contributed by atoms with Gasteiger partial charge >= 0.3 is 6.01 Å². The fourth-order valence-corrected chi connectivity index (χ4v) is 3.43. The fraction of sp³-hybridized carbons (Fsp3) is 0.550. The van der Waals surface area contributed by atoms with Crippen molar-refractivity contribution in [3.8, 4) is 0 Å². The molecule has 2 heterocycles. The number of aromatic nitrogens is 2. The molecule has 1 fully saturated rings.